The van der Waals surface area contributed by atoms with Crippen LogP contribution in [0.1, 0.15) is 21.7 Å². The third kappa shape index (κ3) is 3.42. The van der Waals surface area contributed by atoms with E-state index in [-0.39, 0.29) is 5.91 Å². The number of furan rings is 1. The number of carbonyl (C=O) groups is 1. The lowest BCUT2D eigenvalue weighted by Crippen LogP contribution is -2.17. The number of rotatable bonds is 5. The topological polar surface area (TPSA) is 73.1 Å². The molecule has 21 heavy (non-hydrogen) atoms. The van der Waals surface area contributed by atoms with Gasteiger partial charge in [0.05, 0.1) is 32.3 Å². The third-order valence-electron chi connectivity index (χ3n) is 2.91. The summed E-state index contributed by atoms with van der Waals surface area (Å²) in [5, 5.41) is 3.92. The van der Waals surface area contributed by atoms with E-state index >= 15 is 0 Å². The number of nitrogens with one attached hydrogen (secondary N) is 1. The molecule has 110 valence electrons. The van der Waals surface area contributed by atoms with E-state index in [4.69, 9.17) is 13.9 Å². The predicted octanol–water partition coefficient (Wildman–Crippen LogP) is 2.37. The Kier molecular flexibility index (Phi) is 4.61. The second-order valence-corrected chi connectivity index (χ2v) is 4.20. The number of methoxy groups -OCH3 is 2. The number of hydrogen-bond acceptors (Lipinski definition) is 5. The zero-order valence-corrected chi connectivity index (χ0v) is 12.0. The second kappa shape index (κ2) is 6.60. The second-order valence-electron chi connectivity index (χ2n) is 4.20. The van der Waals surface area contributed by atoms with Crippen molar-refractivity contribution in [3.63, 3.8) is 0 Å². The average molecular weight is 288 g/mol. The fourth-order valence-corrected chi connectivity index (χ4v) is 1.77. The molecule has 0 atom stereocenters. The first-order chi connectivity index (χ1) is 10.2. The van der Waals surface area contributed by atoms with Crippen LogP contribution >= 0.6 is 0 Å². The van der Waals surface area contributed by atoms with Crippen LogP contribution in [0, 0.1) is 6.92 Å². The van der Waals surface area contributed by atoms with E-state index in [0.29, 0.717) is 22.8 Å². The first-order valence-corrected chi connectivity index (χ1v) is 6.25. The Balaban J connectivity index is 2.08. The number of hydrogen-bond donors (Lipinski definition) is 1. The van der Waals surface area contributed by atoms with Gasteiger partial charge in [0.1, 0.15) is 17.3 Å². The summed E-state index contributed by atoms with van der Waals surface area (Å²) in [4.78, 5) is 11.8. The van der Waals surface area contributed by atoms with Gasteiger partial charge in [0.2, 0.25) is 0 Å². The van der Waals surface area contributed by atoms with E-state index in [2.05, 4.69) is 10.5 Å². The van der Waals surface area contributed by atoms with Crippen molar-refractivity contribution in [2.75, 3.05) is 14.2 Å². The number of carbonyl (C=O) groups excluding carboxylic acids is 1. The van der Waals surface area contributed by atoms with Crippen LogP contribution in [-0.4, -0.2) is 26.3 Å². The van der Waals surface area contributed by atoms with Crippen molar-refractivity contribution >= 4 is 12.1 Å². The number of ether oxygens (including phenoxy) is 2. The molecule has 0 fully saturated rings. The van der Waals surface area contributed by atoms with Gasteiger partial charge in [0, 0.05) is 11.6 Å². The molecule has 6 heteroatoms. The molecule has 0 aliphatic heterocycles. The minimum Gasteiger partial charge on any atom is -0.497 e. The van der Waals surface area contributed by atoms with Crippen LogP contribution < -0.4 is 14.9 Å². The van der Waals surface area contributed by atoms with Crippen LogP contribution in [0.2, 0.25) is 0 Å². The smallest absolute Gasteiger partial charge is 0.274 e. The van der Waals surface area contributed by atoms with Crippen LogP contribution in [-0.2, 0) is 0 Å². The molecule has 0 unspecified atom stereocenters. The summed E-state index contributed by atoms with van der Waals surface area (Å²) < 4.78 is 15.4. The first-order valence-electron chi connectivity index (χ1n) is 6.25. The van der Waals surface area contributed by atoms with Gasteiger partial charge in [-0.3, -0.25) is 4.79 Å². The van der Waals surface area contributed by atoms with Crippen molar-refractivity contribution in [2.24, 2.45) is 5.10 Å². The molecule has 1 N–H and O–H groups in total. The van der Waals surface area contributed by atoms with E-state index in [1.807, 2.05) is 0 Å². The Morgan fingerprint density at radius 1 is 1.29 bits per heavy atom. The van der Waals surface area contributed by atoms with Crippen molar-refractivity contribution < 1.29 is 18.7 Å². The molecule has 6 nitrogen and oxygen atoms in total. The zero-order valence-electron chi connectivity index (χ0n) is 12.0. The quantitative estimate of drug-likeness (QED) is 0.677. The highest BCUT2D eigenvalue weighted by Crippen LogP contribution is 2.23. The highest BCUT2D eigenvalue weighted by Gasteiger charge is 2.10. The number of aryl methyl sites for hydroxylation is 1. The van der Waals surface area contributed by atoms with Crippen molar-refractivity contribution in [1.29, 1.82) is 0 Å². The molecule has 2 aromatic rings. The maximum absolute atomic E-state index is 11.8. The van der Waals surface area contributed by atoms with Crippen LogP contribution in [0.3, 0.4) is 0 Å². The summed E-state index contributed by atoms with van der Waals surface area (Å²) in [6.45, 7) is 1.71. The van der Waals surface area contributed by atoms with Crippen LogP contribution in [0.15, 0.2) is 40.0 Å². The Hall–Kier alpha value is -2.76. The monoisotopic (exact) mass is 288 g/mol. The Bertz CT molecular complexity index is 661. The summed E-state index contributed by atoms with van der Waals surface area (Å²) in [6.07, 6.45) is 2.96. The standard InChI is InChI=1S/C15H16N2O4/c1-10-13(6-7-21-10)15(18)17-16-9-11-4-5-12(19-2)8-14(11)20-3/h4-9H,1-3H3,(H,17,18)/b16-9-. The minimum atomic E-state index is -0.329. The van der Waals surface area contributed by atoms with Gasteiger partial charge in [0.15, 0.2) is 0 Å². The summed E-state index contributed by atoms with van der Waals surface area (Å²) in [6, 6.07) is 6.90. The highest BCUT2D eigenvalue weighted by atomic mass is 16.5. The molecule has 0 aliphatic rings. The maximum atomic E-state index is 11.8. The van der Waals surface area contributed by atoms with Gasteiger partial charge in [-0.05, 0) is 25.1 Å². The first kappa shape index (κ1) is 14.6. The van der Waals surface area contributed by atoms with Gasteiger partial charge < -0.3 is 13.9 Å². The molecule has 1 heterocycles. The lowest BCUT2D eigenvalue weighted by Gasteiger charge is -2.06. The van der Waals surface area contributed by atoms with Crippen molar-refractivity contribution in [1.82, 2.24) is 5.43 Å². The normalized spacial score (nSPS) is 10.6. The van der Waals surface area contributed by atoms with Crippen molar-refractivity contribution in [3.8, 4) is 11.5 Å². The van der Waals surface area contributed by atoms with Crippen LogP contribution in [0.4, 0.5) is 0 Å². The zero-order chi connectivity index (χ0) is 15.2. The van der Waals surface area contributed by atoms with Crippen molar-refractivity contribution in [3.05, 3.63) is 47.4 Å². The van der Waals surface area contributed by atoms with E-state index in [0.717, 1.165) is 5.56 Å². The fraction of sp³-hybridized carbons (Fsp3) is 0.200. The molecule has 0 aliphatic carbocycles. The molecule has 0 saturated carbocycles. The molecule has 0 radical (unpaired) electrons. The highest BCUT2D eigenvalue weighted by molar-refractivity contribution is 5.95. The molecule has 0 bridgehead atoms. The summed E-state index contributed by atoms with van der Waals surface area (Å²) in [5.41, 5.74) is 3.62. The Labute approximate surface area is 122 Å². The van der Waals surface area contributed by atoms with E-state index in [9.17, 15) is 4.79 Å². The van der Waals surface area contributed by atoms with Crippen molar-refractivity contribution in [2.45, 2.75) is 6.92 Å². The molecule has 1 aromatic carbocycles. The summed E-state index contributed by atoms with van der Waals surface area (Å²) in [7, 11) is 3.13. The number of amides is 1. The lowest BCUT2D eigenvalue weighted by molar-refractivity contribution is 0.0953. The van der Waals surface area contributed by atoms with Crippen LogP contribution in [0.25, 0.3) is 0 Å². The van der Waals surface area contributed by atoms with E-state index in [1.54, 1.807) is 45.4 Å². The lowest BCUT2D eigenvalue weighted by atomic mass is 10.2. The van der Waals surface area contributed by atoms with Gasteiger partial charge in [0.25, 0.3) is 5.91 Å². The third-order valence-corrected chi connectivity index (χ3v) is 2.91. The number of benzene rings is 1. The predicted molar refractivity (Wildman–Crippen MR) is 78.1 cm³/mol. The molecule has 0 spiro atoms. The van der Waals surface area contributed by atoms with Gasteiger partial charge in [-0.25, -0.2) is 5.43 Å². The average Bonchev–Trinajstić information content (AvgIpc) is 2.93. The molecular weight excluding hydrogens is 272 g/mol. The maximum Gasteiger partial charge on any atom is 0.274 e. The minimum absolute atomic E-state index is 0.329. The summed E-state index contributed by atoms with van der Waals surface area (Å²) >= 11 is 0. The van der Waals surface area contributed by atoms with Crippen LogP contribution in [0.5, 0.6) is 11.5 Å². The molecule has 2 rings (SSSR count). The largest absolute Gasteiger partial charge is 0.497 e. The van der Waals surface area contributed by atoms with E-state index < -0.39 is 0 Å². The molecule has 1 amide bonds. The van der Waals surface area contributed by atoms with Gasteiger partial charge in [-0.2, -0.15) is 5.10 Å². The van der Waals surface area contributed by atoms with Gasteiger partial charge in [-0.1, -0.05) is 0 Å². The Morgan fingerprint density at radius 2 is 2.10 bits per heavy atom. The van der Waals surface area contributed by atoms with E-state index in [1.165, 1.54) is 12.5 Å². The van der Waals surface area contributed by atoms with Gasteiger partial charge in [-0.15, -0.1) is 0 Å². The summed E-state index contributed by atoms with van der Waals surface area (Å²) in [5.74, 6) is 1.50. The number of hydrazone groups is 1. The van der Waals surface area contributed by atoms with Gasteiger partial charge >= 0.3 is 0 Å². The Morgan fingerprint density at radius 3 is 2.71 bits per heavy atom. The number of nitrogens with zero attached hydrogens (tertiary/aromatic N) is 1. The fourth-order valence-electron chi connectivity index (χ4n) is 1.77. The molecule has 1 aromatic heterocycles. The molecular formula is C15H16N2O4. The molecule has 0 saturated heterocycles. The SMILES string of the molecule is COc1ccc(/C=N\NC(=O)c2ccoc2C)c(OC)c1.